The van der Waals surface area contributed by atoms with Crippen molar-refractivity contribution in [3.8, 4) is 5.75 Å². The summed E-state index contributed by atoms with van der Waals surface area (Å²) in [4.78, 5) is 7.05. The lowest BCUT2D eigenvalue weighted by molar-refractivity contribution is -0.0280. The van der Waals surface area contributed by atoms with Crippen molar-refractivity contribution in [2.45, 2.75) is 25.0 Å². The Morgan fingerprint density at radius 2 is 1.79 bits per heavy atom. The maximum atomic E-state index is 13.1. The van der Waals surface area contributed by atoms with E-state index in [2.05, 4.69) is 11.0 Å². The van der Waals surface area contributed by atoms with Crippen LogP contribution in [-0.2, 0) is 12.1 Å². The molecule has 1 aliphatic heterocycles. The molecule has 0 atom stereocenters. The summed E-state index contributed by atoms with van der Waals surface area (Å²) in [5.41, 5.74) is 1.88. The lowest BCUT2D eigenvalue weighted by atomic mass is 9.84. The van der Waals surface area contributed by atoms with E-state index in [1.54, 1.807) is 19.2 Å². The van der Waals surface area contributed by atoms with Crippen LogP contribution >= 0.6 is 12.4 Å². The number of aliphatic hydroxyl groups is 1. The van der Waals surface area contributed by atoms with E-state index < -0.39 is 5.60 Å². The van der Waals surface area contributed by atoms with Gasteiger partial charge in [0.1, 0.15) is 11.6 Å². The summed E-state index contributed by atoms with van der Waals surface area (Å²) in [6.45, 7) is 2.30. The number of likely N-dealkylation sites (tertiary alicyclic amines) is 1. The van der Waals surface area contributed by atoms with Crippen LogP contribution in [0.15, 0.2) is 54.6 Å². The third-order valence-electron chi connectivity index (χ3n) is 5.40. The molecule has 1 saturated heterocycles. The monoisotopic (exact) mass is 402 g/mol. The highest BCUT2D eigenvalue weighted by atomic mass is 35.5. The quantitative estimate of drug-likeness (QED) is 0.707. The molecule has 4 rings (SSSR count). The molecule has 0 saturated carbocycles. The lowest BCUT2D eigenvalue weighted by Gasteiger charge is -2.38. The number of methoxy groups -OCH3 is 1. The Labute approximate surface area is 170 Å². The van der Waals surface area contributed by atoms with Crippen LogP contribution in [-0.4, -0.2) is 35.2 Å². The second kappa shape index (κ2) is 8.43. The van der Waals surface area contributed by atoms with E-state index in [0.29, 0.717) is 12.8 Å². The van der Waals surface area contributed by atoms with Crippen LogP contribution in [0, 0.1) is 5.82 Å². The summed E-state index contributed by atoms with van der Waals surface area (Å²) in [5, 5.41) is 12.0. The van der Waals surface area contributed by atoms with Crippen LogP contribution in [0.4, 0.5) is 4.39 Å². The Balaban J connectivity index is 0.00000225. The van der Waals surface area contributed by atoms with Crippen molar-refractivity contribution in [2.75, 3.05) is 20.2 Å². The Kier molecular flexibility index (Phi) is 6.18. The topological polar surface area (TPSA) is 45.6 Å². The van der Waals surface area contributed by atoms with Crippen molar-refractivity contribution in [1.82, 2.24) is 9.88 Å². The first-order valence-corrected chi connectivity index (χ1v) is 9.20. The summed E-state index contributed by atoms with van der Waals surface area (Å²) < 4.78 is 18.4. The van der Waals surface area contributed by atoms with E-state index in [-0.39, 0.29) is 18.2 Å². The summed E-state index contributed by atoms with van der Waals surface area (Å²) in [7, 11) is 1.66. The molecule has 2 heterocycles. The molecule has 28 heavy (non-hydrogen) atoms. The van der Waals surface area contributed by atoms with Gasteiger partial charge >= 0.3 is 0 Å². The number of rotatable bonds is 4. The highest BCUT2D eigenvalue weighted by Crippen LogP contribution is 2.33. The smallest absolute Gasteiger partial charge is 0.123 e. The van der Waals surface area contributed by atoms with Gasteiger partial charge in [0.05, 0.1) is 23.9 Å². The van der Waals surface area contributed by atoms with E-state index in [1.807, 2.05) is 24.3 Å². The molecule has 148 valence electrons. The molecular formula is C22H24ClFN2O2. The number of piperidine rings is 1. The van der Waals surface area contributed by atoms with Gasteiger partial charge in [0.2, 0.25) is 0 Å². The van der Waals surface area contributed by atoms with Gasteiger partial charge in [-0.2, -0.15) is 0 Å². The van der Waals surface area contributed by atoms with Crippen molar-refractivity contribution in [1.29, 1.82) is 0 Å². The van der Waals surface area contributed by atoms with E-state index in [0.717, 1.165) is 47.5 Å². The highest BCUT2D eigenvalue weighted by molar-refractivity contribution is 5.85. The largest absolute Gasteiger partial charge is 0.497 e. The predicted octanol–water partition coefficient (Wildman–Crippen LogP) is 4.29. The minimum absolute atomic E-state index is 0. The Bertz CT molecular complexity index is 941. The molecule has 1 aromatic heterocycles. The van der Waals surface area contributed by atoms with Crippen LogP contribution in [0.5, 0.6) is 5.75 Å². The molecule has 3 aromatic rings. The molecule has 0 amide bonds. The van der Waals surface area contributed by atoms with Crippen molar-refractivity contribution in [3.63, 3.8) is 0 Å². The number of hydrogen-bond donors (Lipinski definition) is 1. The Morgan fingerprint density at radius 1 is 1.07 bits per heavy atom. The zero-order valence-electron chi connectivity index (χ0n) is 15.8. The second-order valence-electron chi connectivity index (χ2n) is 7.18. The third kappa shape index (κ3) is 4.27. The van der Waals surface area contributed by atoms with Gasteiger partial charge < -0.3 is 9.84 Å². The standard InChI is InChI=1S/C22H23FN2O2.ClH/c1-27-20-8-9-21-16(14-20)2-7-19(24-21)15-25-12-10-22(26,11-13-25)17-3-5-18(23)6-4-17;/h2-9,14,26H,10-13,15H2,1H3;1H. The number of pyridine rings is 1. The molecule has 4 nitrogen and oxygen atoms in total. The van der Waals surface area contributed by atoms with Gasteiger partial charge in [-0.25, -0.2) is 4.39 Å². The van der Waals surface area contributed by atoms with E-state index in [1.165, 1.54) is 12.1 Å². The van der Waals surface area contributed by atoms with Gasteiger partial charge in [-0.1, -0.05) is 18.2 Å². The number of halogens is 2. The normalized spacial score (nSPS) is 16.5. The van der Waals surface area contributed by atoms with Crippen LogP contribution < -0.4 is 4.74 Å². The van der Waals surface area contributed by atoms with Crippen LogP contribution in [0.25, 0.3) is 10.9 Å². The number of benzene rings is 2. The Morgan fingerprint density at radius 3 is 2.46 bits per heavy atom. The molecule has 2 aromatic carbocycles. The van der Waals surface area contributed by atoms with Gasteiger partial charge in [-0.05, 0) is 54.8 Å². The van der Waals surface area contributed by atoms with Crippen LogP contribution in [0.1, 0.15) is 24.1 Å². The summed E-state index contributed by atoms with van der Waals surface area (Å²) in [5.74, 6) is 0.549. The van der Waals surface area contributed by atoms with Gasteiger partial charge in [0.25, 0.3) is 0 Å². The maximum Gasteiger partial charge on any atom is 0.123 e. The number of nitrogens with zero attached hydrogens (tertiary/aromatic N) is 2. The molecule has 1 aliphatic rings. The minimum Gasteiger partial charge on any atom is -0.497 e. The molecule has 0 bridgehead atoms. The molecule has 1 N–H and O–H groups in total. The van der Waals surface area contributed by atoms with Gasteiger partial charge in [0.15, 0.2) is 0 Å². The molecule has 6 heteroatoms. The van der Waals surface area contributed by atoms with Crippen molar-refractivity contribution in [3.05, 3.63) is 71.7 Å². The van der Waals surface area contributed by atoms with E-state index in [4.69, 9.17) is 9.72 Å². The Hall–Kier alpha value is -2.21. The minimum atomic E-state index is -0.877. The average molecular weight is 403 g/mol. The number of aromatic nitrogens is 1. The zero-order chi connectivity index (χ0) is 18.9. The third-order valence-corrected chi connectivity index (χ3v) is 5.40. The first-order chi connectivity index (χ1) is 13.1. The fraction of sp³-hybridized carbons (Fsp3) is 0.318. The van der Waals surface area contributed by atoms with Crippen molar-refractivity contribution in [2.24, 2.45) is 0 Å². The van der Waals surface area contributed by atoms with Crippen molar-refractivity contribution >= 4 is 23.3 Å². The van der Waals surface area contributed by atoms with E-state index >= 15 is 0 Å². The van der Waals surface area contributed by atoms with Crippen LogP contribution in [0.3, 0.4) is 0 Å². The van der Waals surface area contributed by atoms with Crippen LogP contribution in [0.2, 0.25) is 0 Å². The van der Waals surface area contributed by atoms with Crippen molar-refractivity contribution < 1.29 is 14.2 Å². The lowest BCUT2D eigenvalue weighted by Crippen LogP contribution is -2.42. The fourth-order valence-corrected chi connectivity index (χ4v) is 3.72. The molecule has 0 spiro atoms. The molecular weight excluding hydrogens is 379 g/mol. The highest BCUT2D eigenvalue weighted by Gasteiger charge is 2.33. The molecule has 1 fully saturated rings. The van der Waals surface area contributed by atoms with E-state index in [9.17, 15) is 9.50 Å². The summed E-state index contributed by atoms with van der Waals surface area (Å²) >= 11 is 0. The number of ether oxygens (including phenoxy) is 1. The van der Waals surface area contributed by atoms with Gasteiger partial charge in [-0.3, -0.25) is 9.88 Å². The summed E-state index contributed by atoms with van der Waals surface area (Å²) in [6.07, 6.45) is 1.26. The summed E-state index contributed by atoms with van der Waals surface area (Å²) in [6, 6.07) is 16.2. The van der Waals surface area contributed by atoms with Gasteiger partial charge in [-0.15, -0.1) is 12.4 Å². The first-order valence-electron chi connectivity index (χ1n) is 9.20. The number of fused-ring (bicyclic) bond motifs is 1. The fourth-order valence-electron chi connectivity index (χ4n) is 3.72. The van der Waals surface area contributed by atoms with Gasteiger partial charge in [0, 0.05) is 25.0 Å². The molecule has 0 unspecified atom stereocenters. The second-order valence-corrected chi connectivity index (χ2v) is 7.18. The predicted molar refractivity (Wildman–Crippen MR) is 110 cm³/mol. The maximum absolute atomic E-state index is 13.1. The average Bonchev–Trinajstić information content (AvgIpc) is 2.70. The molecule has 0 aliphatic carbocycles. The number of hydrogen-bond acceptors (Lipinski definition) is 4. The zero-order valence-corrected chi connectivity index (χ0v) is 16.6. The SMILES string of the molecule is COc1ccc2nc(CN3CCC(O)(c4ccc(F)cc4)CC3)ccc2c1.Cl. The molecule has 0 radical (unpaired) electrons. The first kappa shape index (κ1) is 20.5.